The highest BCUT2D eigenvalue weighted by Gasteiger charge is 2.53. The highest BCUT2D eigenvalue weighted by atomic mass is 16.8. The summed E-state index contributed by atoms with van der Waals surface area (Å²) in [7, 11) is 0. The molecule has 4 aliphatic rings. The fourth-order valence-electron chi connectivity index (χ4n) is 5.41. The van der Waals surface area contributed by atoms with Gasteiger partial charge in [0.1, 0.15) is 91.6 Å². The average Bonchev–Trinajstić information content (AvgIpc) is 3.00. The number of hydrogen-bond donors (Lipinski definition) is 13. The zero-order chi connectivity index (χ0) is 32.6. The largest absolute Gasteiger partial charge is 0.394 e. The van der Waals surface area contributed by atoms with Crippen molar-refractivity contribution in [1.29, 1.82) is 0 Å². The second kappa shape index (κ2) is 15.0. The molecular formula is C24H42O20. The van der Waals surface area contributed by atoms with Crippen LogP contribution in [0.4, 0.5) is 0 Å². The van der Waals surface area contributed by atoms with E-state index in [1.54, 1.807) is 0 Å². The van der Waals surface area contributed by atoms with Gasteiger partial charge in [-0.25, -0.2) is 0 Å². The van der Waals surface area contributed by atoms with Crippen molar-refractivity contribution in [3.8, 4) is 0 Å². The Morgan fingerprint density at radius 3 is 1.50 bits per heavy atom. The minimum absolute atomic E-state index is 0.643. The Hall–Kier alpha value is -0.800. The molecule has 20 nitrogen and oxygen atoms in total. The average molecular weight is 651 g/mol. The molecule has 0 saturated carbocycles. The summed E-state index contributed by atoms with van der Waals surface area (Å²) in [6, 6.07) is 0. The molecule has 1 unspecified atom stereocenters. The summed E-state index contributed by atoms with van der Waals surface area (Å²) < 4.78 is 37.7. The summed E-state index contributed by atoms with van der Waals surface area (Å²) in [6.45, 7) is -0.742. The summed E-state index contributed by atoms with van der Waals surface area (Å²) in [5, 5.41) is 132. The van der Waals surface area contributed by atoms with Crippen LogP contribution in [0.2, 0.25) is 0 Å². The number of hydrogen-bond acceptors (Lipinski definition) is 20. The lowest BCUT2D eigenvalue weighted by molar-refractivity contribution is -0.376. The first-order chi connectivity index (χ1) is 20.7. The van der Waals surface area contributed by atoms with Gasteiger partial charge in [0.25, 0.3) is 0 Å². The standard InChI is InChI=1S/C24H42O20/c1-5-19(43-24-16(34)13(31)10(28)7(3-26)42-24)14(32)17(35)23(39-5)44-20-11(29)8(40-21(37)18(20)36)4-38-22-15(33)12(30)9(27)6(2-25)41-22/h5-37H,2-4H2,1H3/t5-,6+,7+,8+,9+,10+,11-,12-,13-,14-,15+,16-,17+,18+,19-,20-,21?,22-,23+,24-/m0/s1. The first-order valence-electron chi connectivity index (χ1n) is 14.0. The van der Waals surface area contributed by atoms with Gasteiger partial charge in [-0.3, -0.25) is 0 Å². The topological polar surface area (TPSA) is 328 Å². The Bertz CT molecular complexity index is 898. The molecule has 258 valence electrons. The molecule has 4 rings (SSSR count). The van der Waals surface area contributed by atoms with Crippen LogP contribution in [0, 0.1) is 0 Å². The van der Waals surface area contributed by atoms with E-state index in [1.165, 1.54) is 6.92 Å². The van der Waals surface area contributed by atoms with Crippen molar-refractivity contribution in [3.05, 3.63) is 0 Å². The van der Waals surface area contributed by atoms with Crippen LogP contribution in [-0.2, 0) is 33.2 Å². The first-order valence-corrected chi connectivity index (χ1v) is 14.0. The van der Waals surface area contributed by atoms with Crippen molar-refractivity contribution < 1.29 is 99.5 Å². The van der Waals surface area contributed by atoms with Crippen LogP contribution in [0.25, 0.3) is 0 Å². The highest BCUT2D eigenvalue weighted by Crippen LogP contribution is 2.32. The Balaban J connectivity index is 1.38. The van der Waals surface area contributed by atoms with Crippen molar-refractivity contribution in [2.24, 2.45) is 0 Å². The van der Waals surface area contributed by atoms with Gasteiger partial charge >= 0.3 is 0 Å². The predicted molar refractivity (Wildman–Crippen MR) is 132 cm³/mol. The van der Waals surface area contributed by atoms with Crippen LogP contribution in [-0.4, -0.2) is 209 Å². The van der Waals surface area contributed by atoms with Gasteiger partial charge in [0.15, 0.2) is 25.2 Å². The van der Waals surface area contributed by atoms with Gasteiger partial charge in [0, 0.05) is 0 Å². The van der Waals surface area contributed by atoms with Crippen LogP contribution < -0.4 is 0 Å². The van der Waals surface area contributed by atoms with E-state index in [0.29, 0.717) is 0 Å². The van der Waals surface area contributed by atoms with Crippen molar-refractivity contribution in [2.45, 2.75) is 130 Å². The van der Waals surface area contributed by atoms with Crippen molar-refractivity contribution in [3.63, 3.8) is 0 Å². The van der Waals surface area contributed by atoms with Gasteiger partial charge in [0.05, 0.1) is 25.9 Å². The molecule has 4 heterocycles. The van der Waals surface area contributed by atoms with Gasteiger partial charge in [-0.2, -0.15) is 0 Å². The number of ether oxygens (including phenoxy) is 7. The Kier molecular flexibility index (Phi) is 12.3. The van der Waals surface area contributed by atoms with E-state index in [0.717, 1.165) is 0 Å². The Morgan fingerprint density at radius 1 is 0.455 bits per heavy atom. The minimum Gasteiger partial charge on any atom is -0.394 e. The van der Waals surface area contributed by atoms with Gasteiger partial charge in [-0.15, -0.1) is 0 Å². The van der Waals surface area contributed by atoms with Crippen molar-refractivity contribution in [1.82, 2.24) is 0 Å². The van der Waals surface area contributed by atoms with E-state index in [9.17, 15) is 66.4 Å². The van der Waals surface area contributed by atoms with E-state index in [-0.39, 0.29) is 0 Å². The monoisotopic (exact) mass is 650 g/mol. The van der Waals surface area contributed by atoms with Gasteiger partial charge in [-0.1, -0.05) is 0 Å². The molecule has 13 N–H and O–H groups in total. The van der Waals surface area contributed by atoms with E-state index >= 15 is 0 Å². The number of rotatable bonds is 9. The second-order valence-corrected chi connectivity index (χ2v) is 11.2. The number of aliphatic hydroxyl groups is 13. The molecule has 20 atom stereocenters. The summed E-state index contributed by atoms with van der Waals surface area (Å²) in [6.07, 6.45) is -33.3. The van der Waals surface area contributed by atoms with E-state index < -0.39 is 143 Å². The molecule has 0 spiro atoms. The van der Waals surface area contributed by atoms with Gasteiger partial charge in [0.2, 0.25) is 0 Å². The van der Waals surface area contributed by atoms with Crippen LogP contribution in [0.1, 0.15) is 6.92 Å². The Labute approximate surface area is 249 Å². The third-order valence-electron chi connectivity index (χ3n) is 8.14. The normalized spacial score (nSPS) is 53.9. The quantitative estimate of drug-likeness (QED) is 0.110. The van der Waals surface area contributed by atoms with Crippen molar-refractivity contribution in [2.75, 3.05) is 19.8 Å². The molecule has 0 radical (unpaired) electrons. The van der Waals surface area contributed by atoms with Crippen molar-refractivity contribution >= 4 is 0 Å². The molecule has 0 aliphatic carbocycles. The summed E-state index contributed by atoms with van der Waals surface area (Å²) in [5.41, 5.74) is 0. The third kappa shape index (κ3) is 7.19. The zero-order valence-electron chi connectivity index (χ0n) is 23.3. The zero-order valence-corrected chi connectivity index (χ0v) is 23.3. The van der Waals surface area contributed by atoms with E-state index in [4.69, 9.17) is 33.2 Å². The molecule has 4 fully saturated rings. The maximum absolute atomic E-state index is 10.9. The summed E-state index contributed by atoms with van der Waals surface area (Å²) >= 11 is 0. The van der Waals surface area contributed by atoms with Gasteiger partial charge < -0.3 is 99.5 Å². The number of aliphatic hydroxyl groups excluding tert-OH is 13. The smallest absolute Gasteiger partial charge is 0.187 e. The summed E-state index contributed by atoms with van der Waals surface area (Å²) in [4.78, 5) is 0. The Morgan fingerprint density at radius 2 is 0.932 bits per heavy atom. The van der Waals surface area contributed by atoms with E-state index in [2.05, 4.69) is 0 Å². The van der Waals surface area contributed by atoms with Crippen LogP contribution in [0.3, 0.4) is 0 Å². The molecule has 0 aromatic rings. The third-order valence-corrected chi connectivity index (χ3v) is 8.14. The maximum Gasteiger partial charge on any atom is 0.187 e. The van der Waals surface area contributed by atoms with Crippen LogP contribution in [0.15, 0.2) is 0 Å². The van der Waals surface area contributed by atoms with Crippen LogP contribution in [0.5, 0.6) is 0 Å². The fourth-order valence-corrected chi connectivity index (χ4v) is 5.41. The van der Waals surface area contributed by atoms with Crippen LogP contribution >= 0.6 is 0 Å². The molecule has 20 heteroatoms. The highest BCUT2D eigenvalue weighted by molar-refractivity contribution is 4.96. The molecule has 44 heavy (non-hydrogen) atoms. The molecule has 0 aromatic carbocycles. The van der Waals surface area contributed by atoms with E-state index in [1.807, 2.05) is 0 Å². The molecule has 0 aromatic heterocycles. The maximum atomic E-state index is 10.9. The summed E-state index contributed by atoms with van der Waals surface area (Å²) in [5.74, 6) is 0. The second-order valence-electron chi connectivity index (χ2n) is 11.2. The lowest BCUT2D eigenvalue weighted by Crippen LogP contribution is -2.66. The molecule has 4 aliphatic heterocycles. The van der Waals surface area contributed by atoms with Gasteiger partial charge in [-0.05, 0) is 6.92 Å². The fraction of sp³-hybridized carbons (Fsp3) is 1.00. The minimum atomic E-state index is -1.97. The SMILES string of the molecule is C[C@@H]1O[C@H](O[C@H]2[C@@H](O)[C@@H](CO[C@H]3O[C@H](CO)[C@@H](O)[C@H](O)[C@H]3O)OC(O)[C@@H]2O)[C@H](O)[C@H](O)[C@H]1O[C@@H]1O[C@H](CO)[C@@H](O)[C@H](O)[C@@H]1O. The molecule has 4 saturated heterocycles. The lowest BCUT2D eigenvalue weighted by atomic mass is 9.96. The molecular weight excluding hydrogens is 608 g/mol. The lowest BCUT2D eigenvalue weighted by Gasteiger charge is -2.47. The first kappa shape index (κ1) is 36.0. The molecule has 0 bridgehead atoms. The predicted octanol–water partition coefficient (Wildman–Crippen LogP) is -8.72. The molecule has 0 amide bonds.